The molecule has 0 amide bonds. The van der Waals surface area contributed by atoms with Crippen molar-refractivity contribution in [3.05, 3.63) is 65.2 Å². The predicted octanol–water partition coefficient (Wildman–Crippen LogP) is 4.12. The Morgan fingerprint density at radius 3 is 2.65 bits per heavy atom. The molecule has 6 nitrogen and oxygen atoms in total. The quantitative estimate of drug-likeness (QED) is 0.666. The summed E-state index contributed by atoms with van der Waals surface area (Å²) in [6, 6.07) is 15.8. The van der Waals surface area contributed by atoms with Crippen molar-refractivity contribution in [3.8, 4) is 6.07 Å². The molecule has 0 bridgehead atoms. The van der Waals surface area contributed by atoms with Crippen molar-refractivity contribution in [3.63, 3.8) is 0 Å². The number of benzene rings is 1. The second-order valence-electron chi connectivity index (χ2n) is 5.43. The van der Waals surface area contributed by atoms with Gasteiger partial charge in [0.25, 0.3) is 10.0 Å². The fraction of sp³-hybridized carbons (Fsp3) is 0.111. The number of nitrogens with zero attached hydrogens (tertiary/aromatic N) is 2. The topological polar surface area (TPSA) is 94.9 Å². The van der Waals surface area contributed by atoms with Crippen LogP contribution < -0.4 is 10.0 Å². The van der Waals surface area contributed by atoms with E-state index in [0.29, 0.717) is 11.3 Å². The molecule has 0 radical (unpaired) electrons. The summed E-state index contributed by atoms with van der Waals surface area (Å²) in [7, 11) is -3.63. The van der Waals surface area contributed by atoms with Crippen LogP contribution in [0, 0.1) is 11.3 Å². The highest BCUT2D eigenvalue weighted by Crippen LogP contribution is 2.24. The van der Waals surface area contributed by atoms with E-state index < -0.39 is 10.0 Å². The van der Waals surface area contributed by atoms with E-state index in [1.165, 1.54) is 17.5 Å². The van der Waals surface area contributed by atoms with Crippen molar-refractivity contribution in [2.75, 3.05) is 10.0 Å². The SMILES string of the molecule is CCc1ccc(S(=O)(=O)Nc2ccc(Nc3cccc(C#N)c3)cn2)s1. The lowest BCUT2D eigenvalue weighted by atomic mass is 10.2. The van der Waals surface area contributed by atoms with Gasteiger partial charge in [-0.05, 0) is 48.9 Å². The smallest absolute Gasteiger partial charge is 0.272 e. The Hall–Kier alpha value is -2.89. The number of hydrogen-bond acceptors (Lipinski definition) is 6. The molecule has 1 aromatic carbocycles. The molecule has 8 heteroatoms. The van der Waals surface area contributed by atoms with Gasteiger partial charge < -0.3 is 5.32 Å². The molecule has 0 aliphatic heterocycles. The average molecular weight is 384 g/mol. The summed E-state index contributed by atoms with van der Waals surface area (Å²) >= 11 is 1.25. The van der Waals surface area contributed by atoms with E-state index in [1.807, 2.05) is 19.1 Å². The molecule has 26 heavy (non-hydrogen) atoms. The molecule has 2 aromatic heterocycles. The number of hydrogen-bond donors (Lipinski definition) is 2. The summed E-state index contributed by atoms with van der Waals surface area (Å²) < 4.78 is 27.5. The minimum atomic E-state index is -3.63. The molecule has 0 fully saturated rings. The van der Waals surface area contributed by atoms with Crippen LogP contribution in [0.1, 0.15) is 17.4 Å². The van der Waals surface area contributed by atoms with Crippen LogP contribution in [0.5, 0.6) is 0 Å². The third-order valence-corrected chi connectivity index (χ3v) is 6.61. The molecule has 3 rings (SSSR count). The summed E-state index contributed by atoms with van der Waals surface area (Å²) in [6.07, 6.45) is 2.33. The minimum absolute atomic E-state index is 0.243. The van der Waals surface area contributed by atoms with E-state index in [-0.39, 0.29) is 10.0 Å². The zero-order valence-electron chi connectivity index (χ0n) is 13.9. The number of anilines is 3. The maximum Gasteiger partial charge on any atom is 0.272 e. The van der Waals surface area contributed by atoms with Gasteiger partial charge in [0, 0.05) is 10.6 Å². The summed E-state index contributed by atoms with van der Waals surface area (Å²) in [6.45, 7) is 1.98. The van der Waals surface area contributed by atoms with Gasteiger partial charge in [0.15, 0.2) is 0 Å². The zero-order valence-corrected chi connectivity index (χ0v) is 15.6. The van der Waals surface area contributed by atoms with Crippen LogP contribution in [0.2, 0.25) is 0 Å². The second kappa shape index (κ2) is 7.56. The van der Waals surface area contributed by atoms with Gasteiger partial charge in [-0.1, -0.05) is 13.0 Å². The maximum absolute atomic E-state index is 12.4. The first-order chi connectivity index (χ1) is 12.5. The molecule has 132 valence electrons. The highest BCUT2D eigenvalue weighted by molar-refractivity contribution is 7.94. The number of aryl methyl sites for hydroxylation is 1. The first-order valence-corrected chi connectivity index (χ1v) is 10.1. The Morgan fingerprint density at radius 1 is 1.15 bits per heavy atom. The number of rotatable bonds is 6. The summed E-state index contributed by atoms with van der Waals surface area (Å²) in [5.41, 5.74) is 1.99. The standard InChI is InChI=1S/C18H16N4O2S2/c1-2-16-7-9-18(25-16)26(23,24)22-17-8-6-15(12-20-17)21-14-5-3-4-13(10-14)11-19/h3-10,12,21H,2H2,1H3,(H,20,22). The highest BCUT2D eigenvalue weighted by Gasteiger charge is 2.17. The number of nitriles is 1. The Kier molecular flexibility index (Phi) is 5.21. The third kappa shape index (κ3) is 4.20. The van der Waals surface area contributed by atoms with Crippen LogP contribution >= 0.6 is 11.3 Å². The second-order valence-corrected chi connectivity index (χ2v) is 8.51. The Labute approximate surface area is 156 Å². The molecular weight excluding hydrogens is 368 g/mol. The van der Waals surface area contributed by atoms with E-state index in [2.05, 4.69) is 21.1 Å². The van der Waals surface area contributed by atoms with Crippen molar-refractivity contribution in [2.45, 2.75) is 17.6 Å². The molecule has 0 aliphatic carbocycles. The third-order valence-electron chi connectivity index (χ3n) is 3.53. The molecule has 2 heterocycles. The van der Waals surface area contributed by atoms with Crippen molar-refractivity contribution < 1.29 is 8.42 Å². The van der Waals surface area contributed by atoms with Gasteiger partial charge in [-0.2, -0.15) is 5.26 Å². The van der Waals surface area contributed by atoms with Crippen LogP contribution in [0.25, 0.3) is 0 Å². The van der Waals surface area contributed by atoms with Gasteiger partial charge in [0.05, 0.1) is 23.5 Å². The van der Waals surface area contributed by atoms with Gasteiger partial charge in [-0.25, -0.2) is 13.4 Å². The van der Waals surface area contributed by atoms with E-state index in [1.54, 1.807) is 36.4 Å². The van der Waals surface area contributed by atoms with Crippen LogP contribution in [0.4, 0.5) is 17.2 Å². The van der Waals surface area contributed by atoms with Gasteiger partial charge in [-0.3, -0.25) is 4.72 Å². The number of sulfonamides is 1. The van der Waals surface area contributed by atoms with Crippen molar-refractivity contribution in [2.24, 2.45) is 0 Å². The monoisotopic (exact) mass is 384 g/mol. The van der Waals surface area contributed by atoms with Crippen molar-refractivity contribution in [1.82, 2.24) is 4.98 Å². The van der Waals surface area contributed by atoms with Crippen LogP contribution in [0.3, 0.4) is 0 Å². The first kappa shape index (κ1) is 17.9. The minimum Gasteiger partial charge on any atom is -0.354 e. The van der Waals surface area contributed by atoms with Crippen molar-refractivity contribution in [1.29, 1.82) is 5.26 Å². The summed E-state index contributed by atoms with van der Waals surface area (Å²) in [5, 5.41) is 12.1. The summed E-state index contributed by atoms with van der Waals surface area (Å²) in [5.74, 6) is 0.243. The van der Waals surface area contributed by atoms with Gasteiger partial charge in [0.2, 0.25) is 0 Å². The molecule has 0 aliphatic rings. The Morgan fingerprint density at radius 2 is 2.00 bits per heavy atom. The lowest BCUT2D eigenvalue weighted by molar-refractivity contribution is 0.603. The fourth-order valence-corrected chi connectivity index (χ4v) is 4.55. The maximum atomic E-state index is 12.4. The van der Waals surface area contributed by atoms with E-state index in [9.17, 15) is 8.42 Å². The van der Waals surface area contributed by atoms with E-state index in [0.717, 1.165) is 17.0 Å². The fourth-order valence-electron chi connectivity index (χ4n) is 2.24. The van der Waals surface area contributed by atoms with Crippen molar-refractivity contribution >= 4 is 38.6 Å². The van der Waals surface area contributed by atoms with Crippen LogP contribution in [-0.2, 0) is 16.4 Å². The number of thiophene rings is 1. The molecule has 3 aromatic rings. The molecule has 0 saturated carbocycles. The Balaban J connectivity index is 1.72. The van der Waals surface area contributed by atoms with Gasteiger partial charge in [-0.15, -0.1) is 11.3 Å². The van der Waals surface area contributed by atoms with E-state index >= 15 is 0 Å². The number of aromatic nitrogens is 1. The molecular formula is C18H16N4O2S2. The average Bonchev–Trinajstić information content (AvgIpc) is 3.14. The van der Waals surface area contributed by atoms with Gasteiger partial charge in [0.1, 0.15) is 10.0 Å². The lowest BCUT2D eigenvalue weighted by Gasteiger charge is -2.08. The molecule has 0 saturated heterocycles. The molecule has 0 atom stereocenters. The predicted molar refractivity (Wildman–Crippen MR) is 103 cm³/mol. The zero-order chi connectivity index (χ0) is 18.6. The molecule has 2 N–H and O–H groups in total. The van der Waals surface area contributed by atoms with Gasteiger partial charge >= 0.3 is 0 Å². The molecule has 0 spiro atoms. The summed E-state index contributed by atoms with van der Waals surface area (Å²) in [4.78, 5) is 5.15. The van der Waals surface area contributed by atoms with E-state index in [4.69, 9.17) is 5.26 Å². The van der Waals surface area contributed by atoms with Crippen LogP contribution in [-0.4, -0.2) is 13.4 Å². The first-order valence-electron chi connectivity index (χ1n) is 7.85. The lowest BCUT2D eigenvalue weighted by Crippen LogP contribution is -2.12. The Bertz CT molecular complexity index is 1050. The number of nitrogens with one attached hydrogen (secondary N) is 2. The number of pyridine rings is 1. The highest BCUT2D eigenvalue weighted by atomic mass is 32.2. The largest absolute Gasteiger partial charge is 0.354 e. The normalized spacial score (nSPS) is 10.9. The van der Waals surface area contributed by atoms with Crippen LogP contribution in [0.15, 0.2) is 58.9 Å². The molecule has 0 unspecified atom stereocenters.